The van der Waals surface area contributed by atoms with Crippen LogP contribution in [0, 0.1) is 0 Å². The van der Waals surface area contributed by atoms with E-state index >= 15 is 0 Å². The van der Waals surface area contributed by atoms with Crippen LogP contribution in [-0.4, -0.2) is 28.0 Å². The van der Waals surface area contributed by atoms with E-state index in [-0.39, 0.29) is 5.97 Å². The van der Waals surface area contributed by atoms with Gasteiger partial charge in [0.05, 0.1) is 17.7 Å². The number of hydrogen-bond acceptors (Lipinski definition) is 6. The Labute approximate surface area is 153 Å². The van der Waals surface area contributed by atoms with Crippen molar-refractivity contribution in [2.45, 2.75) is 10.9 Å². The van der Waals surface area contributed by atoms with Crippen molar-refractivity contribution >= 4 is 29.3 Å². The molecule has 2 N–H and O–H groups in total. The number of carbonyl (C=O) groups is 1. The topological polar surface area (TPSA) is 83.0 Å². The summed E-state index contributed by atoms with van der Waals surface area (Å²) in [5.74, 6) is 6.82. The Kier molecular flexibility index (Phi) is 5.25. The molecule has 0 aliphatic heterocycles. The zero-order valence-corrected chi connectivity index (χ0v) is 14.9. The molecule has 0 atom stereocenters. The van der Waals surface area contributed by atoms with Gasteiger partial charge in [0.1, 0.15) is 0 Å². The van der Waals surface area contributed by atoms with Gasteiger partial charge in [0.15, 0.2) is 5.82 Å². The number of nitrogen functional groups attached to an aromatic ring is 1. The van der Waals surface area contributed by atoms with E-state index in [0.717, 1.165) is 11.1 Å². The Balaban J connectivity index is 1.77. The third kappa shape index (κ3) is 3.78. The predicted molar refractivity (Wildman–Crippen MR) is 98.0 cm³/mol. The number of halogens is 1. The summed E-state index contributed by atoms with van der Waals surface area (Å²) in [6, 6.07) is 14.5. The maximum atomic E-state index is 11.6. The third-order valence-electron chi connectivity index (χ3n) is 3.50. The Morgan fingerprint density at radius 2 is 2.04 bits per heavy atom. The fraction of sp³-hybridized carbons (Fsp3) is 0.118. The zero-order valence-electron chi connectivity index (χ0n) is 13.3. The smallest absolute Gasteiger partial charge is 0.337 e. The van der Waals surface area contributed by atoms with E-state index in [9.17, 15) is 4.79 Å². The summed E-state index contributed by atoms with van der Waals surface area (Å²) < 4.78 is 6.14. The van der Waals surface area contributed by atoms with E-state index in [2.05, 4.69) is 10.2 Å². The van der Waals surface area contributed by atoms with Gasteiger partial charge >= 0.3 is 5.97 Å². The average Bonchev–Trinajstić information content (AvgIpc) is 3.00. The van der Waals surface area contributed by atoms with Crippen molar-refractivity contribution in [3.63, 3.8) is 0 Å². The van der Waals surface area contributed by atoms with Crippen molar-refractivity contribution in [1.29, 1.82) is 0 Å². The summed E-state index contributed by atoms with van der Waals surface area (Å²) in [4.78, 5) is 11.6. The van der Waals surface area contributed by atoms with Gasteiger partial charge in [-0.1, -0.05) is 47.6 Å². The van der Waals surface area contributed by atoms with Crippen LogP contribution in [0.3, 0.4) is 0 Å². The highest BCUT2D eigenvalue weighted by Crippen LogP contribution is 2.28. The van der Waals surface area contributed by atoms with Gasteiger partial charge in [0, 0.05) is 11.3 Å². The van der Waals surface area contributed by atoms with Crippen LogP contribution in [0.25, 0.3) is 11.4 Å². The molecule has 1 heterocycles. The minimum absolute atomic E-state index is 0.366. The van der Waals surface area contributed by atoms with Crippen LogP contribution in [0.2, 0.25) is 5.02 Å². The number of methoxy groups -OCH3 is 1. The molecule has 0 aliphatic rings. The lowest BCUT2D eigenvalue weighted by Crippen LogP contribution is -2.11. The molecule has 0 saturated carbocycles. The summed E-state index contributed by atoms with van der Waals surface area (Å²) in [5.41, 5.74) is 2.18. The van der Waals surface area contributed by atoms with Gasteiger partial charge in [0.25, 0.3) is 0 Å². The lowest BCUT2D eigenvalue weighted by molar-refractivity contribution is 0.0600. The summed E-state index contributed by atoms with van der Waals surface area (Å²) in [6.07, 6.45) is 0. The van der Waals surface area contributed by atoms with E-state index in [1.807, 2.05) is 30.3 Å². The first-order valence-corrected chi connectivity index (χ1v) is 8.72. The van der Waals surface area contributed by atoms with Gasteiger partial charge in [0.2, 0.25) is 5.16 Å². The fourth-order valence-electron chi connectivity index (χ4n) is 2.26. The quantitative estimate of drug-likeness (QED) is 0.418. The number of ether oxygens (including phenoxy) is 1. The summed E-state index contributed by atoms with van der Waals surface area (Å²) in [7, 11) is 1.36. The SMILES string of the molecule is COC(=O)c1cccc(CSc2nnc(-c3ccccc3Cl)n2N)c1. The lowest BCUT2D eigenvalue weighted by atomic mass is 10.1. The maximum Gasteiger partial charge on any atom is 0.337 e. The van der Waals surface area contributed by atoms with Crippen LogP contribution in [0.4, 0.5) is 0 Å². The molecule has 0 saturated heterocycles. The first-order valence-electron chi connectivity index (χ1n) is 7.35. The van der Waals surface area contributed by atoms with Gasteiger partial charge in [-0.25, -0.2) is 9.47 Å². The van der Waals surface area contributed by atoms with E-state index in [1.165, 1.54) is 23.5 Å². The first kappa shape index (κ1) is 17.3. The van der Waals surface area contributed by atoms with Gasteiger partial charge in [-0.15, -0.1) is 10.2 Å². The molecule has 128 valence electrons. The Bertz CT molecular complexity index is 913. The molecule has 8 heteroatoms. The molecule has 3 rings (SSSR count). The molecule has 25 heavy (non-hydrogen) atoms. The number of esters is 1. The van der Waals surface area contributed by atoms with Crippen LogP contribution in [0.1, 0.15) is 15.9 Å². The lowest BCUT2D eigenvalue weighted by Gasteiger charge is -2.06. The van der Waals surface area contributed by atoms with E-state index < -0.39 is 0 Å². The van der Waals surface area contributed by atoms with Crippen molar-refractivity contribution in [3.8, 4) is 11.4 Å². The van der Waals surface area contributed by atoms with Crippen LogP contribution in [0.5, 0.6) is 0 Å². The van der Waals surface area contributed by atoms with Gasteiger partial charge < -0.3 is 10.6 Å². The Morgan fingerprint density at radius 1 is 1.24 bits per heavy atom. The fourth-order valence-corrected chi connectivity index (χ4v) is 3.28. The molecular formula is C17H15ClN4O2S. The molecule has 6 nitrogen and oxygen atoms in total. The van der Waals surface area contributed by atoms with Crippen molar-refractivity contribution in [3.05, 3.63) is 64.7 Å². The molecule has 1 aromatic heterocycles. The number of aromatic nitrogens is 3. The van der Waals surface area contributed by atoms with E-state index in [1.54, 1.807) is 18.2 Å². The third-order valence-corrected chi connectivity index (χ3v) is 4.84. The normalized spacial score (nSPS) is 10.6. The Morgan fingerprint density at radius 3 is 2.80 bits per heavy atom. The molecule has 0 fully saturated rings. The van der Waals surface area contributed by atoms with Crippen molar-refractivity contribution in [1.82, 2.24) is 14.9 Å². The first-order chi connectivity index (χ1) is 12.1. The molecular weight excluding hydrogens is 360 g/mol. The molecule has 0 amide bonds. The van der Waals surface area contributed by atoms with Crippen molar-refractivity contribution < 1.29 is 9.53 Å². The number of nitrogens with zero attached hydrogens (tertiary/aromatic N) is 3. The van der Waals surface area contributed by atoms with Crippen LogP contribution >= 0.6 is 23.4 Å². The minimum Gasteiger partial charge on any atom is -0.465 e. The van der Waals surface area contributed by atoms with Crippen molar-refractivity contribution in [2.24, 2.45) is 0 Å². The van der Waals surface area contributed by atoms with E-state index in [4.69, 9.17) is 22.2 Å². The largest absolute Gasteiger partial charge is 0.465 e. The monoisotopic (exact) mass is 374 g/mol. The van der Waals surface area contributed by atoms with Crippen LogP contribution < -0.4 is 5.84 Å². The Hall–Kier alpha value is -2.51. The molecule has 0 bridgehead atoms. The maximum absolute atomic E-state index is 11.6. The van der Waals surface area contributed by atoms with Gasteiger partial charge in [-0.3, -0.25) is 0 Å². The number of hydrogen-bond donors (Lipinski definition) is 1. The summed E-state index contributed by atoms with van der Waals surface area (Å²) >= 11 is 7.61. The average molecular weight is 375 g/mol. The molecule has 2 aromatic carbocycles. The highest BCUT2D eigenvalue weighted by atomic mass is 35.5. The molecule has 0 spiro atoms. The summed E-state index contributed by atoms with van der Waals surface area (Å²) in [5, 5.41) is 9.36. The van der Waals surface area contributed by atoms with Gasteiger partial charge in [-0.05, 0) is 29.8 Å². The highest BCUT2D eigenvalue weighted by molar-refractivity contribution is 7.98. The molecule has 0 unspecified atom stereocenters. The minimum atomic E-state index is -0.366. The van der Waals surface area contributed by atoms with Gasteiger partial charge in [-0.2, -0.15) is 0 Å². The second-order valence-electron chi connectivity index (χ2n) is 5.14. The second-order valence-corrected chi connectivity index (χ2v) is 6.49. The number of nitrogens with two attached hydrogens (primary N) is 1. The van der Waals surface area contributed by atoms with Crippen LogP contribution in [-0.2, 0) is 10.5 Å². The van der Waals surface area contributed by atoms with E-state index in [0.29, 0.717) is 27.3 Å². The molecule has 0 aliphatic carbocycles. The predicted octanol–water partition coefficient (Wildman–Crippen LogP) is 3.39. The molecule has 0 radical (unpaired) electrons. The number of carbonyl (C=O) groups excluding carboxylic acids is 1. The highest BCUT2D eigenvalue weighted by Gasteiger charge is 2.15. The number of thioether (sulfide) groups is 1. The number of benzene rings is 2. The second kappa shape index (κ2) is 7.58. The van der Waals surface area contributed by atoms with Crippen molar-refractivity contribution in [2.75, 3.05) is 13.0 Å². The zero-order chi connectivity index (χ0) is 17.8. The molecule has 3 aromatic rings. The standard InChI is InChI=1S/C17H15ClN4O2S/c1-24-16(23)12-6-4-5-11(9-12)10-25-17-21-20-15(22(17)19)13-7-2-3-8-14(13)18/h2-9H,10,19H2,1H3. The van der Waals surface area contributed by atoms with Crippen LogP contribution in [0.15, 0.2) is 53.7 Å². The summed E-state index contributed by atoms with van der Waals surface area (Å²) in [6.45, 7) is 0. The number of rotatable bonds is 5.